The van der Waals surface area contributed by atoms with Crippen LogP contribution in [-0.2, 0) is 20.9 Å². The molecule has 2 saturated carbocycles. The Morgan fingerprint density at radius 1 is 1.19 bits per heavy atom. The number of pyridine rings is 1. The van der Waals surface area contributed by atoms with E-state index in [4.69, 9.17) is 9.90 Å². The Kier molecular flexibility index (Phi) is 6.86. The number of carboxylic acids is 1. The molecule has 2 amide bonds. The first-order valence-electron chi connectivity index (χ1n) is 10.4. The molecule has 4 rings (SSSR count). The lowest BCUT2D eigenvalue weighted by atomic mass is 10.0. The third-order valence-corrected chi connectivity index (χ3v) is 6.37. The summed E-state index contributed by atoms with van der Waals surface area (Å²) in [6.07, 6.45) is 4.80. The van der Waals surface area contributed by atoms with Crippen LogP contribution in [0.4, 0.5) is 13.2 Å². The minimum Gasteiger partial charge on any atom is -0.475 e. The molecular weight excluding hydrogens is 415 g/mol. The van der Waals surface area contributed by atoms with Gasteiger partial charge in [0.1, 0.15) is 0 Å². The molecule has 1 aromatic heterocycles. The van der Waals surface area contributed by atoms with Crippen LogP contribution in [0.3, 0.4) is 0 Å². The summed E-state index contributed by atoms with van der Waals surface area (Å²) in [5.41, 5.74) is 1.13. The fourth-order valence-corrected chi connectivity index (χ4v) is 4.50. The lowest BCUT2D eigenvalue weighted by molar-refractivity contribution is -0.192. The molecular formula is C21H26F3N3O4. The van der Waals surface area contributed by atoms with Gasteiger partial charge in [-0.15, -0.1) is 0 Å². The minimum absolute atomic E-state index is 0.0661. The molecule has 0 bridgehead atoms. The van der Waals surface area contributed by atoms with E-state index in [1.54, 1.807) is 12.4 Å². The third kappa shape index (κ3) is 5.74. The van der Waals surface area contributed by atoms with Crippen LogP contribution >= 0.6 is 0 Å². The first kappa shape index (κ1) is 23.0. The second-order valence-electron chi connectivity index (χ2n) is 8.49. The van der Waals surface area contributed by atoms with Crippen LogP contribution in [0.15, 0.2) is 24.5 Å². The van der Waals surface area contributed by atoms with Gasteiger partial charge in [-0.3, -0.25) is 14.6 Å². The van der Waals surface area contributed by atoms with Gasteiger partial charge in [0.2, 0.25) is 11.8 Å². The van der Waals surface area contributed by atoms with Crippen LogP contribution in [0.5, 0.6) is 0 Å². The molecule has 1 saturated heterocycles. The van der Waals surface area contributed by atoms with Crippen molar-refractivity contribution < 1.29 is 32.7 Å². The van der Waals surface area contributed by atoms with E-state index >= 15 is 0 Å². The molecule has 10 heteroatoms. The Morgan fingerprint density at radius 2 is 1.81 bits per heavy atom. The largest absolute Gasteiger partial charge is 0.490 e. The number of halogens is 3. The van der Waals surface area contributed by atoms with Gasteiger partial charge in [-0.1, -0.05) is 12.8 Å². The molecule has 31 heavy (non-hydrogen) atoms. The summed E-state index contributed by atoms with van der Waals surface area (Å²) in [5, 5.41) is 10.2. The van der Waals surface area contributed by atoms with Crippen molar-refractivity contribution in [3.63, 3.8) is 0 Å². The van der Waals surface area contributed by atoms with Crippen molar-refractivity contribution in [1.82, 2.24) is 15.2 Å². The number of nitrogens with zero attached hydrogens (tertiary/aromatic N) is 2. The van der Waals surface area contributed by atoms with E-state index in [0.717, 1.165) is 44.3 Å². The van der Waals surface area contributed by atoms with Crippen molar-refractivity contribution in [2.24, 2.45) is 17.3 Å². The van der Waals surface area contributed by atoms with Gasteiger partial charge in [0.25, 0.3) is 0 Å². The molecule has 3 fully saturated rings. The highest BCUT2D eigenvalue weighted by Crippen LogP contribution is 2.58. The number of likely N-dealkylation sites (tertiary alicyclic amines) is 1. The Bertz CT molecular complexity index is 812. The summed E-state index contributed by atoms with van der Waals surface area (Å²) >= 11 is 0. The highest BCUT2D eigenvalue weighted by atomic mass is 19.4. The first-order chi connectivity index (χ1) is 14.6. The number of amides is 2. The molecule has 3 aliphatic rings. The summed E-state index contributed by atoms with van der Waals surface area (Å²) in [7, 11) is 0. The summed E-state index contributed by atoms with van der Waals surface area (Å²) < 4.78 is 31.7. The number of aromatic nitrogens is 1. The molecule has 0 aromatic carbocycles. The standard InChI is InChI=1S/C19H25N3O2.C2HF3O2/c23-17(21-12-14-5-8-20-9-6-14)16-11-19(16)7-10-22(13-19)18(24)15-3-1-2-4-15;3-2(4,5)1(6)7/h5-6,8-9,15-16H,1-4,7,10-13H2,(H,21,23);(H,6,7). The van der Waals surface area contributed by atoms with Crippen molar-refractivity contribution in [2.45, 2.75) is 51.2 Å². The average Bonchev–Trinajstić information content (AvgIpc) is 3.08. The number of hydrogen-bond donors (Lipinski definition) is 2. The van der Waals surface area contributed by atoms with Crippen molar-refractivity contribution in [2.75, 3.05) is 13.1 Å². The van der Waals surface area contributed by atoms with Crippen LogP contribution in [0, 0.1) is 17.3 Å². The van der Waals surface area contributed by atoms with Crippen LogP contribution in [0.1, 0.15) is 44.1 Å². The highest BCUT2D eigenvalue weighted by Gasteiger charge is 2.61. The second-order valence-corrected chi connectivity index (χ2v) is 8.49. The summed E-state index contributed by atoms with van der Waals surface area (Å²) in [6.45, 7) is 2.18. The number of carbonyl (C=O) groups excluding carboxylic acids is 2. The van der Waals surface area contributed by atoms with Crippen LogP contribution < -0.4 is 5.32 Å². The van der Waals surface area contributed by atoms with E-state index in [9.17, 15) is 22.8 Å². The molecule has 170 valence electrons. The normalized spacial score (nSPS) is 25.1. The van der Waals surface area contributed by atoms with Gasteiger partial charge in [-0.25, -0.2) is 4.79 Å². The first-order valence-corrected chi connectivity index (χ1v) is 10.4. The Balaban J connectivity index is 0.000000339. The van der Waals surface area contributed by atoms with E-state index < -0.39 is 12.1 Å². The lowest BCUT2D eigenvalue weighted by Crippen LogP contribution is -2.34. The molecule has 7 nitrogen and oxygen atoms in total. The van der Waals surface area contributed by atoms with E-state index in [0.29, 0.717) is 12.5 Å². The second kappa shape index (κ2) is 9.23. The molecule has 0 radical (unpaired) electrons. The molecule has 2 aliphatic carbocycles. The lowest BCUT2D eigenvalue weighted by Gasteiger charge is -2.20. The maximum absolute atomic E-state index is 12.6. The Hall–Kier alpha value is -2.65. The number of nitrogens with one attached hydrogen (secondary N) is 1. The van der Waals surface area contributed by atoms with Gasteiger partial charge in [-0.05, 0) is 43.4 Å². The molecule has 1 spiro atoms. The molecule has 2 unspecified atom stereocenters. The SMILES string of the molecule is O=C(NCc1ccncc1)C1CC12CCN(C(=O)C1CCCC1)C2.O=C(O)C(F)(F)F. The molecule has 1 aromatic rings. The fraction of sp³-hybridized carbons (Fsp3) is 0.619. The van der Waals surface area contributed by atoms with Crippen molar-refractivity contribution in [3.8, 4) is 0 Å². The molecule has 2 heterocycles. The smallest absolute Gasteiger partial charge is 0.475 e. The summed E-state index contributed by atoms with van der Waals surface area (Å²) in [6, 6.07) is 3.83. The van der Waals surface area contributed by atoms with Crippen molar-refractivity contribution >= 4 is 17.8 Å². The number of carbonyl (C=O) groups is 3. The monoisotopic (exact) mass is 441 g/mol. The Morgan fingerprint density at radius 3 is 2.39 bits per heavy atom. The fourth-order valence-electron chi connectivity index (χ4n) is 4.50. The summed E-state index contributed by atoms with van der Waals surface area (Å²) in [5.74, 6) is -1.94. The predicted octanol–water partition coefficient (Wildman–Crippen LogP) is 2.76. The average molecular weight is 441 g/mol. The maximum atomic E-state index is 12.6. The van der Waals surface area contributed by atoms with Gasteiger partial charge < -0.3 is 15.3 Å². The number of aliphatic carboxylic acids is 1. The molecule has 2 atom stereocenters. The maximum Gasteiger partial charge on any atom is 0.490 e. The van der Waals surface area contributed by atoms with Crippen LogP contribution in [-0.4, -0.2) is 52.0 Å². The zero-order valence-electron chi connectivity index (χ0n) is 17.0. The minimum atomic E-state index is -5.08. The number of hydrogen-bond acceptors (Lipinski definition) is 4. The van der Waals surface area contributed by atoms with Crippen LogP contribution in [0.25, 0.3) is 0 Å². The summed E-state index contributed by atoms with van der Waals surface area (Å²) in [4.78, 5) is 39.9. The van der Waals surface area contributed by atoms with Gasteiger partial charge in [0.15, 0.2) is 0 Å². The number of rotatable bonds is 4. The quantitative estimate of drug-likeness (QED) is 0.749. The molecule has 1 aliphatic heterocycles. The van der Waals surface area contributed by atoms with Crippen molar-refractivity contribution in [1.29, 1.82) is 0 Å². The van der Waals surface area contributed by atoms with Gasteiger partial charge in [0, 0.05) is 49.3 Å². The third-order valence-electron chi connectivity index (χ3n) is 6.37. The van der Waals surface area contributed by atoms with E-state index in [2.05, 4.69) is 10.3 Å². The topological polar surface area (TPSA) is 99.6 Å². The van der Waals surface area contributed by atoms with E-state index in [1.165, 1.54) is 12.8 Å². The van der Waals surface area contributed by atoms with Crippen LogP contribution in [0.2, 0.25) is 0 Å². The number of alkyl halides is 3. The van der Waals surface area contributed by atoms with Gasteiger partial charge in [0.05, 0.1) is 0 Å². The van der Waals surface area contributed by atoms with Crippen molar-refractivity contribution in [3.05, 3.63) is 30.1 Å². The zero-order valence-corrected chi connectivity index (χ0v) is 17.0. The number of carboxylic acid groups (broad SMARTS) is 1. The van der Waals surface area contributed by atoms with E-state index in [1.807, 2.05) is 17.0 Å². The molecule has 2 N–H and O–H groups in total. The predicted molar refractivity (Wildman–Crippen MR) is 103 cm³/mol. The Labute approximate surface area is 178 Å². The van der Waals surface area contributed by atoms with Gasteiger partial charge >= 0.3 is 12.1 Å². The zero-order chi connectivity index (χ0) is 22.6. The highest BCUT2D eigenvalue weighted by molar-refractivity contribution is 5.84. The van der Waals surface area contributed by atoms with E-state index in [-0.39, 0.29) is 23.2 Å². The van der Waals surface area contributed by atoms with Gasteiger partial charge in [-0.2, -0.15) is 13.2 Å².